The molecule has 1 heterocycles. The minimum absolute atomic E-state index is 0.0215. The zero-order valence-electron chi connectivity index (χ0n) is 11.3. The highest BCUT2D eigenvalue weighted by atomic mass is 32.2. The first-order valence-electron chi connectivity index (χ1n) is 6.13. The molecule has 0 aliphatic carbocycles. The van der Waals surface area contributed by atoms with Crippen molar-refractivity contribution in [3.63, 3.8) is 0 Å². The highest BCUT2D eigenvalue weighted by Gasteiger charge is 2.19. The van der Waals surface area contributed by atoms with Crippen LogP contribution in [0.15, 0.2) is 51.6 Å². The fourth-order valence-corrected chi connectivity index (χ4v) is 4.55. The third-order valence-corrected chi connectivity index (χ3v) is 6.53. The molecule has 1 aromatic heterocycles. The van der Waals surface area contributed by atoms with Crippen LogP contribution in [-0.4, -0.2) is 20.7 Å². The highest BCUT2D eigenvalue weighted by Crippen LogP contribution is 2.39. The lowest BCUT2D eigenvalue weighted by molar-refractivity contribution is 0.602. The van der Waals surface area contributed by atoms with E-state index in [1.807, 2.05) is 30.5 Å². The lowest BCUT2D eigenvalue weighted by Crippen LogP contribution is -2.21. The standard InChI is InChI=1S/C14H17NO2S3/c1-10(15)14(13-4-3-9-18-13)19-11-5-7-12(8-6-11)20(2,16)17/h3-10,14H,15H2,1-2H3. The minimum Gasteiger partial charge on any atom is -0.327 e. The van der Waals surface area contributed by atoms with Gasteiger partial charge in [0.25, 0.3) is 0 Å². The summed E-state index contributed by atoms with van der Waals surface area (Å²) in [5.41, 5.74) is 6.06. The van der Waals surface area contributed by atoms with Crippen LogP contribution in [0, 0.1) is 0 Å². The summed E-state index contributed by atoms with van der Waals surface area (Å²) in [5.74, 6) is 0. The van der Waals surface area contributed by atoms with Gasteiger partial charge in [-0.05, 0) is 42.6 Å². The molecule has 0 aliphatic rings. The summed E-state index contributed by atoms with van der Waals surface area (Å²) >= 11 is 3.35. The summed E-state index contributed by atoms with van der Waals surface area (Å²) in [7, 11) is -3.14. The van der Waals surface area contributed by atoms with E-state index in [4.69, 9.17) is 5.73 Å². The van der Waals surface area contributed by atoms with Gasteiger partial charge in [0.05, 0.1) is 10.1 Å². The van der Waals surface area contributed by atoms with Crippen molar-refractivity contribution in [2.45, 2.75) is 28.0 Å². The molecule has 20 heavy (non-hydrogen) atoms. The molecule has 2 rings (SSSR count). The number of thiophene rings is 1. The van der Waals surface area contributed by atoms with Crippen LogP contribution in [-0.2, 0) is 9.84 Å². The molecule has 0 bridgehead atoms. The van der Waals surface area contributed by atoms with Crippen LogP contribution in [0.4, 0.5) is 0 Å². The molecule has 2 N–H and O–H groups in total. The molecular formula is C14H17NO2S3. The fraction of sp³-hybridized carbons (Fsp3) is 0.286. The Labute approximate surface area is 128 Å². The second-order valence-corrected chi connectivity index (χ2v) is 8.87. The molecule has 0 amide bonds. The van der Waals surface area contributed by atoms with Gasteiger partial charge in [0.1, 0.15) is 0 Å². The van der Waals surface area contributed by atoms with Crippen LogP contribution in [0.2, 0.25) is 0 Å². The van der Waals surface area contributed by atoms with E-state index in [1.54, 1.807) is 35.2 Å². The van der Waals surface area contributed by atoms with Crippen LogP contribution < -0.4 is 5.73 Å². The van der Waals surface area contributed by atoms with Crippen molar-refractivity contribution in [2.75, 3.05) is 6.26 Å². The highest BCUT2D eigenvalue weighted by molar-refractivity contribution is 7.99. The quantitative estimate of drug-likeness (QED) is 0.856. The average Bonchev–Trinajstić information content (AvgIpc) is 2.88. The Hall–Kier alpha value is -0.820. The van der Waals surface area contributed by atoms with Gasteiger partial charge in [0, 0.05) is 22.1 Å². The Balaban J connectivity index is 2.20. The van der Waals surface area contributed by atoms with Crippen molar-refractivity contribution in [1.82, 2.24) is 0 Å². The van der Waals surface area contributed by atoms with Crippen molar-refractivity contribution in [2.24, 2.45) is 5.73 Å². The van der Waals surface area contributed by atoms with Gasteiger partial charge in [-0.2, -0.15) is 0 Å². The SMILES string of the molecule is CC(N)C(Sc1ccc(S(C)(=O)=O)cc1)c1cccs1. The molecule has 0 aliphatic heterocycles. The number of hydrogen-bond acceptors (Lipinski definition) is 5. The average molecular weight is 327 g/mol. The first-order chi connectivity index (χ1) is 9.38. The first-order valence-corrected chi connectivity index (χ1v) is 9.79. The summed E-state index contributed by atoms with van der Waals surface area (Å²) < 4.78 is 22.9. The molecule has 3 nitrogen and oxygen atoms in total. The van der Waals surface area contributed by atoms with Crippen molar-refractivity contribution < 1.29 is 8.42 Å². The monoisotopic (exact) mass is 327 g/mol. The Kier molecular flexibility index (Phi) is 4.90. The maximum atomic E-state index is 11.4. The normalized spacial score (nSPS) is 14.9. The molecule has 2 unspecified atom stereocenters. The van der Waals surface area contributed by atoms with Gasteiger partial charge in [0.15, 0.2) is 9.84 Å². The molecule has 0 spiro atoms. The van der Waals surface area contributed by atoms with Gasteiger partial charge in [-0.3, -0.25) is 0 Å². The van der Waals surface area contributed by atoms with Crippen molar-refractivity contribution >= 4 is 32.9 Å². The summed E-state index contributed by atoms with van der Waals surface area (Å²) in [6, 6.07) is 11.1. The molecule has 1 aromatic carbocycles. The summed E-state index contributed by atoms with van der Waals surface area (Å²) in [5, 5.41) is 2.22. The maximum absolute atomic E-state index is 11.4. The van der Waals surface area contributed by atoms with Gasteiger partial charge in [-0.15, -0.1) is 23.1 Å². The van der Waals surface area contributed by atoms with E-state index in [2.05, 4.69) is 6.07 Å². The lowest BCUT2D eigenvalue weighted by atomic mass is 10.2. The number of nitrogens with two attached hydrogens (primary N) is 1. The van der Waals surface area contributed by atoms with E-state index >= 15 is 0 Å². The largest absolute Gasteiger partial charge is 0.327 e. The van der Waals surface area contributed by atoms with E-state index in [9.17, 15) is 8.42 Å². The van der Waals surface area contributed by atoms with Crippen LogP contribution in [0.25, 0.3) is 0 Å². The van der Waals surface area contributed by atoms with Crippen LogP contribution in [0.3, 0.4) is 0 Å². The smallest absolute Gasteiger partial charge is 0.175 e. The number of thioether (sulfide) groups is 1. The zero-order chi connectivity index (χ0) is 14.8. The lowest BCUT2D eigenvalue weighted by Gasteiger charge is -2.19. The molecule has 0 fully saturated rings. The molecule has 108 valence electrons. The Morgan fingerprint density at radius 1 is 1.20 bits per heavy atom. The van der Waals surface area contributed by atoms with Crippen LogP contribution in [0.5, 0.6) is 0 Å². The van der Waals surface area contributed by atoms with Gasteiger partial charge >= 0.3 is 0 Å². The maximum Gasteiger partial charge on any atom is 0.175 e. The zero-order valence-corrected chi connectivity index (χ0v) is 13.8. The minimum atomic E-state index is -3.14. The third-order valence-electron chi connectivity index (χ3n) is 2.82. The Morgan fingerprint density at radius 3 is 2.30 bits per heavy atom. The molecule has 2 aromatic rings. The van der Waals surface area contributed by atoms with Gasteiger partial charge < -0.3 is 5.73 Å². The molecule has 0 saturated heterocycles. The Morgan fingerprint density at radius 2 is 1.85 bits per heavy atom. The summed E-state index contributed by atoms with van der Waals surface area (Å²) in [6.45, 7) is 1.99. The van der Waals surface area contributed by atoms with E-state index in [-0.39, 0.29) is 11.3 Å². The number of benzene rings is 1. The second-order valence-electron chi connectivity index (χ2n) is 4.66. The van der Waals surface area contributed by atoms with E-state index in [0.717, 1.165) is 4.90 Å². The van der Waals surface area contributed by atoms with Gasteiger partial charge in [-0.25, -0.2) is 8.42 Å². The fourth-order valence-electron chi connectivity index (χ4n) is 1.79. The molecule has 0 saturated carbocycles. The van der Waals surface area contributed by atoms with E-state index in [1.165, 1.54) is 11.1 Å². The Bertz CT molecular complexity index is 646. The van der Waals surface area contributed by atoms with Crippen molar-refractivity contribution in [3.05, 3.63) is 46.7 Å². The third kappa shape index (κ3) is 3.85. The number of sulfone groups is 1. The molecular weight excluding hydrogens is 310 g/mol. The predicted octanol–water partition coefficient (Wildman–Crippen LogP) is 3.33. The van der Waals surface area contributed by atoms with Crippen molar-refractivity contribution in [3.8, 4) is 0 Å². The van der Waals surface area contributed by atoms with Gasteiger partial charge in [0.2, 0.25) is 0 Å². The van der Waals surface area contributed by atoms with E-state index in [0.29, 0.717) is 4.90 Å². The number of rotatable bonds is 5. The topological polar surface area (TPSA) is 60.2 Å². The first kappa shape index (κ1) is 15.6. The van der Waals surface area contributed by atoms with Gasteiger partial charge in [-0.1, -0.05) is 6.07 Å². The molecule has 2 atom stereocenters. The van der Waals surface area contributed by atoms with Crippen LogP contribution in [0.1, 0.15) is 17.1 Å². The predicted molar refractivity (Wildman–Crippen MR) is 86.1 cm³/mol. The second kappa shape index (κ2) is 6.30. The van der Waals surface area contributed by atoms with E-state index < -0.39 is 9.84 Å². The summed E-state index contributed by atoms with van der Waals surface area (Å²) in [4.78, 5) is 2.60. The number of hydrogen-bond donors (Lipinski definition) is 1. The summed E-state index contributed by atoms with van der Waals surface area (Å²) in [6.07, 6.45) is 1.21. The molecule has 6 heteroatoms. The molecule has 0 radical (unpaired) electrons. The van der Waals surface area contributed by atoms with Crippen LogP contribution >= 0.6 is 23.1 Å². The van der Waals surface area contributed by atoms with Crippen molar-refractivity contribution in [1.29, 1.82) is 0 Å².